The van der Waals surface area contributed by atoms with E-state index < -0.39 is 4.92 Å². The number of aliphatic imine (C=N–C) groups is 1. The Morgan fingerprint density at radius 1 is 1.12 bits per heavy atom. The summed E-state index contributed by atoms with van der Waals surface area (Å²) in [5.74, 6) is 1.05. The number of non-ortho nitro benzene ring substituents is 1. The zero-order valence-electron chi connectivity index (χ0n) is 17.4. The summed E-state index contributed by atoms with van der Waals surface area (Å²) in [6.07, 6.45) is 3.06. The van der Waals surface area contributed by atoms with Crippen LogP contribution in [0.4, 0.5) is 22.9 Å². The molecule has 9 heteroatoms. The summed E-state index contributed by atoms with van der Waals surface area (Å²) >= 11 is 0. The van der Waals surface area contributed by atoms with Crippen LogP contribution in [0.15, 0.2) is 76.6 Å². The van der Waals surface area contributed by atoms with Crippen LogP contribution >= 0.6 is 0 Å². The topological polar surface area (TPSA) is 111 Å². The third-order valence-corrected chi connectivity index (χ3v) is 4.84. The lowest BCUT2D eigenvalue weighted by Gasteiger charge is -2.12. The first-order valence-corrected chi connectivity index (χ1v) is 9.68. The normalized spacial score (nSPS) is 11.1. The van der Waals surface area contributed by atoms with E-state index in [-0.39, 0.29) is 16.8 Å². The van der Waals surface area contributed by atoms with Crippen LogP contribution in [0.5, 0.6) is 5.75 Å². The zero-order chi connectivity index (χ0) is 22.7. The number of hydrogen-bond acceptors (Lipinski definition) is 7. The molecule has 0 aliphatic carbocycles. The molecular formula is C23H19N5O4. The molecular weight excluding hydrogens is 410 g/mol. The highest BCUT2D eigenvalue weighted by molar-refractivity contribution is 5.89. The summed E-state index contributed by atoms with van der Waals surface area (Å²) in [6, 6.07) is 16.6. The van der Waals surface area contributed by atoms with Crippen molar-refractivity contribution < 1.29 is 9.66 Å². The average Bonchev–Trinajstić information content (AvgIpc) is 2.80. The minimum absolute atomic E-state index is 0.0336. The molecule has 4 aromatic rings. The number of anilines is 2. The van der Waals surface area contributed by atoms with Crippen LogP contribution < -0.4 is 15.6 Å². The van der Waals surface area contributed by atoms with Gasteiger partial charge in [0, 0.05) is 30.2 Å². The molecule has 1 N–H and O–H groups in total. The summed E-state index contributed by atoms with van der Waals surface area (Å²) < 4.78 is 6.65. The summed E-state index contributed by atoms with van der Waals surface area (Å²) in [6.45, 7) is 1.88. The van der Waals surface area contributed by atoms with E-state index in [4.69, 9.17) is 4.74 Å². The van der Waals surface area contributed by atoms with Gasteiger partial charge in [-0.15, -0.1) is 0 Å². The number of rotatable bonds is 6. The Bertz CT molecular complexity index is 1380. The number of fused-ring (bicyclic) bond motifs is 1. The predicted octanol–water partition coefficient (Wildman–Crippen LogP) is 4.41. The number of aryl methyl sites for hydroxylation is 1. The number of aromatic nitrogens is 2. The molecule has 0 bridgehead atoms. The lowest BCUT2D eigenvalue weighted by molar-refractivity contribution is -0.384. The van der Waals surface area contributed by atoms with Gasteiger partial charge in [0.25, 0.3) is 11.2 Å². The van der Waals surface area contributed by atoms with Crippen molar-refractivity contribution in [1.82, 2.24) is 9.38 Å². The molecule has 0 amide bonds. The molecule has 0 saturated heterocycles. The summed E-state index contributed by atoms with van der Waals surface area (Å²) in [7, 11) is 1.59. The van der Waals surface area contributed by atoms with Crippen LogP contribution in [0.2, 0.25) is 0 Å². The predicted molar refractivity (Wildman–Crippen MR) is 123 cm³/mol. The number of methoxy groups -OCH3 is 1. The van der Waals surface area contributed by atoms with Crippen LogP contribution in [0, 0.1) is 17.0 Å². The minimum Gasteiger partial charge on any atom is -0.497 e. The van der Waals surface area contributed by atoms with E-state index in [1.54, 1.807) is 31.5 Å². The van der Waals surface area contributed by atoms with E-state index in [1.165, 1.54) is 34.9 Å². The number of hydrogen-bond donors (Lipinski definition) is 1. The van der Waals surface area contributed by atoms with Crippen LogP contribution in [-0.2, 0) is 0 Å². The van der Waals surface area contributed by atoms with Gasteiger partial charge >= 0.3 is 0 Å². The van der Waals surface area contributed by atoms with Crippen molar-refractivity contribution in [1.29, 1.82) is 0 Å². The molecule has 0 atom stereocenters. The Morgan fingerprint density at radius 2 is 1.84 bits per heavy atom. The van der Waals surface area contributed by atoms with Crippen LogP contribution in [0.3, 0.4) is 0 Å². The molecule has 9 nitrogen and oxygen atoms in total. The molecule has 0 saturated carbocycles. The maximum Gasteiger partial charge on any atom is 0.269 e. The Hall–Kier alpha value is -4.53. The van der Waals surface area contributed by atoms with Gasteiger partial charge in [-0.3, -0.25) is 24.3 Å². The smallest absolute Gasteiger partial charge is 0.269 e. The van der Waals surface area contributed by atoms with E-state index in [1.807, 2.05) is 25.1 Å². The van der Waals surface area contributed by atoms with Crippen LogP contribution in [0.1, 0.15) is 11.1 Å². The molecule has 32 heavy (non-hydrogen) atoms. The Morgan fingerprint density at radius 3 is 2.50 bits per heavy atom. The monoisotopic (exact) mass is 429 g/mol. The van der Waals surface area contributed by atoms with Crippen molar-refractivity contribution in [3.05, 3.63) is 98.5 Å². The van der Waals surface area contributed by atoms with Crippen molar-refractivity contribution in [2.24, 2.45) is 4.99 Å². The largest absolute Gasteiger partial charge is 0.497 e. The minimum atomic E-state index is -0.480. The first-order chi connectivity index (χ1) is 15.5. The second kappa shape index (κ2) is 8.68. The highest BCUT2D eigenvalue weighted by Crippen LogP contribution is 2.22. The van der Waals surface area contributed by atoms with E-state index >= 15 is 0 Å². The quantitative estimate of drug-likeness (QED) is 0.276. The Labute approximate surface area is 182 Å². The van der Waals surface area contributed by atoms with Crippen LogP contribution in [0.25, 0.3) is 5.65 Å². The summed E-state index contributed by atoms with van der Waals surface area (Å²) in [5.41, 5.74) is 2.50. The highest BCUT2D eigenvalue weighted by Gasteiger charge is 2.13. The van der Waals surface area contributed by atoms with E-state index in [2.05, 4.69) is 15.3 Å². The van der Waals surface area contributed by atoms with Crippen molar-refractivity contribution in [2.75, 3.05) is 12.4 Å². The van der Waals surface area contributed by atoms with E-state index in [9.17, 15) is 14.9 Å². The fraction of sp³-hybridized carbons (Fsp3) is 0.0870. The van der Waals surface area contributed by atoms with Crippen molar-refractivity contribution >= 4 is 34.7 Å². The number of nitro groups is 1. The van der Waals surface area contributed by atoms with Gasteiger partial charge in [0.2, 0.25) is 0 Å². The number of benzene rings is 2. The van der Waals surface area contributed by atoms with Gasteiger partial charge in [-0.25, -0.2) is 4.98 Å². The molecule has 4 rings (SSSR count). The lowest BCUT2D eigenvalue weighted by atomic mass is 10.2. The molecule has 0 aliphatic rings. The third kappa shape index (κ3) is 4.17. The van der Waals surface area contributed by atoms with Crippen molar-refractivity contribution in [3.8, 4) is 5.75 Å². The molecule has 0 aliphatic heterocycles. The van der Waals surface area contributed by atoms with Crippen molar-refractivity contribution in [2.45, 2.75) is 6.92 Å². The van der Waals surface area contributed by atoms with Gasteiger partial charge < -0.3 is 10.1 Å². The molecule has 0 radical (unpaired) electrons. The number of nitrogens with one attached hydrogen (secondary N) is 1. The Kier molecular flexibility index (Phi) is 5.63. The summed E-state index contributed by atoms with van der Waals surface area (Å²) in [5, 5.41) is 14.0. The SMILES string of the molecule is COc1ccc(Nc2nc3c(C)cccn3c(=O)c2C=Nc2ccc([N+](=O)[O-])cc2)cc1. The highest BCUT2D eigenvalue weighted by atomic mass is 16.6. The maximum atomic E-state index is 13.2. The van der Waals surface area contributed by atoms with Gasteiger partial charge in [-0.05, 0) is 55.0 Å². The molecule has 0 spiro atoms. The van der Waals surface area contributed by atoms with Crippen LogP contribution in [-0.4, -0.2) is 27.6 Å². The van der Waals surface area contributed by atoms with Gasteiger partial charge in [-0.2, -0.15) is 0 Å². The van der Waals surface area contributed by atoms with Gasteiger partial charge in [0.1, 0.15) is 22.8 Å². The molecule has 160 valence electrons. The molecule has 0 unspecified atom stereocenters. The van der Waals surface area contributed by atoms with E-state index in [0.29, 0.717) is 22.9 Å². The third-order valence-electron chi connectivity index (χ3n) is 4.84. The summed E-state index contributed by atoms with van der Waals surface area (Å²) in [4.78, 5) is 32.6. The standard InChI is InChI=1S/C23H19N5O4/c1-15-4-3-13-27-22(15)26-21(25-17-7-11-19(32-2)12-8-17)20(23(27)29)14-24-16-5-9-18(10-6-16)28(30)31/h3-14,25H,1-2H3. The van der Waals surface area contributed by atoms with Gasteiger partial charge in [0.05, 0.1) is 17.7 Å². The second-order valence-corrected chi connectivity index (χ2v) is 6.95. The second-order valence-electron chi connectivity index (χ2n) is 6.95. The lowest BCUT2D eigenvalue weighted by Crippen LogP contribution is -2.22. The number of nitrogens with zero attached hydrogens (tertiary/aromatic N) is 4. The Balaban J connectivity index is 1.79. The van der Waals surface area contributed by atoms with Gasteiger partial charge in [-0.1, -0.05) is 6.07 Å². The molecule has 2 aromatic carbocycles. The first kappa shape index (κ1) is 20.7. The first-order valence-electron chi connectivity index (χ1n) is 9.68. The molecule has 0 fully saturated rings. The van der Waals surface area contributed by atoms with Gasteiger partial charge in [0.15, 0.2) is 0 Å². The number of pyridine rings is 1. The molecule has 2 aromatic heterocycles. The fourth-order valence-corrected chi connectivity index (χ4v) is 3.13. The maximum absolute atomic E-state index is 13.2. The zero-order valence-corrected chi connectivity index (χ0v) is 17.4. The number of nitro benzene ring substituents is 1. The number of ether oxygens (including phenoxy) is 1. The molecule has 2 heterocycles. The van der Waals surface area contributed by atoms with E-state index in [0.717, 1.165) is 11.3 Å². The average molecular weight is 429 g/mol. The van der Waals surface area contributed by atoms with Crippen molar-refractivity contribution in [3.63, 3.8) is 0 Å². The fourth-order valence-electron chi connectivity index (χ4n) is 3.13.